The molecule has 0 aliphatic heterocycles. The molecule has 0 unspecified atom stereocenters. The Morgan fingerprint density at radius 1 is 0.793 bits per heavy atom. The van der Waals surface area contributed by atoms with Gasteiger partial charge in [-0.3, -0.25) is 4.79 Å². The lowest BCUT2D eigenvalue weighted by molar-refractivity contribution is -0.433. The van der Waals surface area contributed by atoms with Crippen LogP contribution < -0.4 is 5.32 Å². The van der Waals surface area contributed by atoms with E-state index >= 15 is 0 Å². The number of nitrogens with one attached hydrogen (secondary N) is 1. The molecule has 0 heterocycles. The molecule has 0 spiro atoms. The molecule has 0 radical (unpaired) electrons. The summed E-state index contributed by atoms with van der Waals surface area (Å²) in [5.74, 6) is -0.562. The lowest BCUT2D eigenvalue weighted by atomic mass is 9.56. The molecule has 3 fully saturated rings. The molecule has 3 rings (SSSR count). The van der Waals surface area contributed by atoms with Crippen molar-refractivity contribution >= 4 is 17.9 Å². The van der Waals surface area contributed by atoms with E-state index in [2.05, 4.69) is 14.7 Å². The van der Waals surface area contributed by atoms with E-state index in [1.807, 2.05) is 0 Å². The molecule has 0 aromatic rings. The van der Waals surface area contributed by atoms with Gasteiger partial charge in [-0.1, -0.05) is 62.8 Å². The molecule has 29 heavy (non-hydrogen) atoms. The van der Waals surface area contributed by atoms with Crippen LogP contribution in [0.4, 0.5) is 8.78 Å². The molecule has 0 bridgehead atoms. The molecule has 3 aliphatic rings. The van der Waals surface area contributed by atoms with Gasteiger partial charge in [0, 0.05) is 5.54 Å². The molecule has 3 saturated carbocycles. The number of hydrogen-bond acceptors (Lipinski definition) is 5. The topological polar surface area (TPSA) is 67.8 Å². The van der Waals surface area contributed by atoms with Crippen LogP contribution in [-0.2, 0) is 14.2 Å². The van der Waals surface area contributed by atoms with Crippen molar-refractivity contribution < 1.29 is 28.2 Å². The summed E-state index contributed by atoms with van der Waals surface area (Å²) >= 11 is -0.450. The van der Waals surface area contributed by atoms with E-state index in [1.54, 1.807) is 0 Å². The third kappa shape index (κ3) is 5.43. The Hall–Kier alpha value is -0.440. The molecule has 2 N–H and O–H groups in total. The molecular formula is C21H35F2NO4S. The van der Waals surface area contributed by atoms with Crippen molar-refractivity contribution in [3.8, 4) is 0 Å². The molecule has 0 atom stereocenters. The molecule has 8 heteroatoms. The van der Waals surface area contributed by atoms with E-state index in [-0.39, 0.29) is 17.8 Å². The van der Waals surface area contributed by atoms with Crippen LogP contribution in [-0.4, -0.2) is 22.0 Å². The number of rotatable bonds is 8. The average molecular weight is 436 g/mol. The van der Waals surface area contributed by atoms with E-state index in [0.717, 1.165) is 77.0 Å². The molecule has 0 saturated heterocycles. The second-order valence-electron chi connectivity index (χ2n) is 9.13. The minimum absolute atomic E-state index is 0.252. The quantitative estimate of drug-likeness (QED) is 0.268. The van der Waals surface area contributed by atoms with E-state index < -0.39 is 28.7 Å². The van der Waals surface area contributed by atoms with Crippen LogP contribution in [0.5, 0.6) is 0 Å². The van der Waals surface area contributed by atoms with Crippen molar-refractivity contribution in [2.45, 2.75) is 107 Å². The highest BCUT2D eigenvalue weighted by atomic mass is 32.2. The summed E-state index contributed by atoms with van der Waals surface area (Å²) in [5, 5.41) is 10.7. The Labute approximate surface area is 176 Å². The highest BCUT2D eigenvalue weighted by Gasteiger charge is 2.55. The number of halogens is 2. The maximum Gasteiger partial charge on any atom is 0.397 e. The Morgan fingerprint density at radius 2 is 1.17 bits per heavy atom. The van der Waals surface area contributed by atoms with Gasteiger partial charge in [0.15, 0.2) is 0 Å². The number of carbonyl (C=O) groups is 1. The van der Waals surface area contributed by atoms with Gasteiger partial charge < -0.3 is 5.32 Å². The smallest absolute Gasteiger partial charge is 0.344 e. The lowest BCUT2D eigenvalue weighted by Gasteiger charge is -2.55. The van der Waals surface area contributed by atoms with Crippen LogP contribution in [0.25, 0.3) is 0 Å². The maximum atomic E-state index is 14.5. The van der Waals surface area contributed by atoms with Crippen molar-refractivity contribution in [2.24, 2.45) is 17.8 Å². The summed E-state index contributed by atoms with van der Waals surface area (Å²) in [6, 6.07) is 0. The summed E-state index contributed by atoms with van der Waals surface area (Å²) in [7, 11) is 0. The first-order valence-corrected chi connectivity index (χ1v) is 12.1. The van der Waals surface area contributed by atoms with Gasteiger partial charge in [0.2, 0.25) is 0 Å². The standard InChI is InChI=1S/C21H35F2NO4S/c22-21(23,29-28-27-26)19(25)24-20(16-10-4-1-5-11-16,17-12-6-2-7-13-17)18-14-8-3-9-15-18/h16-18,26H,1-15H2,(H,24,25). The van der Waals surface area contributed by atoms with E-state index in [0.29, 0.717) is 0 Å². The third-order valence-corrected chi connectivity index (χ3v) is 8.13. The van der Waals surface area contributed by atoms with Gasteiger partial charge in [0.05, 0.1) is 0 Å². The van der Waals surface area contributed by atoms with Gasteiger partial charge in [0.1, 0.15) is 12.0 Å². The van der Waals surface area contributed by atoms with E-state index in [1.165, 1.54) is 19.3 Å². The number of hydrogen-bond donors (Lipinski definition) is 2. The fourth-order valence-corrected chi connectivity index (χ4v) is 6.65. The van der Waals surface area contributed by atoms with Crippen LogP contribution >= 0.6 is 12.0 Å². The molecule has 168 valence electrons. The fraction of sp³-hybridized carbons (Fsp3) is 0.952. The summed E-state index contributed by atoms with van der Waals surface area (Å²) < 4.78 is 32.9. The average Bonchev–Trinajstić information content (AvgIpc) is 2.77. The monoisotopic (exact) mass is 435 g/mol. The Kier molecular flexibility index (Phi) is 8.60. The fourth-order valence-electron chi connectivity index (χ4n) is 6.41. The van der Waals surface area contributed by atoms with Gasteiger partial charge in [-0.05, 0) is 56.3 Å². The van der Waals surface area contributed by atoms with Gasteiger partial charge >= 0.3 is 11.2 Å². The second kappa shape index (κ2) is 10.7. The van der Waals surface area contributed by atoms with Crippen molar-refractivity contribution in [2.75, 3.05) is 0 Å². The highest BCUT2D eigenvalue weighted by molar-refractivity contribution is 7.96. The zero-order valence-corrected chi connectivity index (χ0v) is 18.0. The summed E-state index contributed by atoms with van der Waals surface area (Å²) in [6.45, 7) is 0. The summed E-state index contributed by atoms with van der Waals surface area (Å²) in [6.07, 6.45) is 16.2. The number of amides is 1. The Morgan fingerprint density at radius 3 is 1.52 bits per heavy atom. The Balaban J connectivity index is 1.93. The molecule has 1 amide bonds. The molecular weight excluding hydrogens is 400 g/mol. The largest absolute Gasteiger partial charge is 0.397 e. The predicted octanol–water partition coefficient (Wildman–Crippen LogP) is 6.24. The van der Waals surface area contributed by atoms with Crippen LogP contribution in [0.2, 0.25) is 0 Å². The lowest BCUT2D eigenvalue weighted by Crippen LogP contribution is -2.66. The summed E-state index contributed by atoms with van der Waals surface area (Å²) in [4.78, 5) is 12.8. The van der Waals surface area contributed by atoms with Gasteiger partial charge in [-0.25, -0.2) is 5.26 Å². The van der Waals surface area contributed by atoms with Crippen molar-refractivity contribution in [1.29, 1.82) is 0 Å². The minimum Gasteiger partial charge on any atom is -0.344 e. The predicted molar refractivity (Wildman–Crippen MR) is 108 cm³/mol. The molecule has 3 aliphatic carbocycles. The summed E-state index contributed by atoms with van der Waals surface area (Å²) in [5.41, 5.74) is -0.567. The number of carbonyl (C=O) groups excluding carboxylic acids is 1. The van der Waals surface area contributed by atoms with Crippen LogP contribution in [0.1, 0.15) is 96.3 Å². The maximum absolute atomic E-state index is 14.5. The first kappa shape index (κ1) is 23.2. The van der Waals surface area contributed by atoms with Crippen LogP contribution in [0, 0.1) is 17.8 Å². The second-order valence-corrected chi connectivity index (χ2v) is 9.95. The van der Waals surface area contributed by atoms with E-state index in [4.69, 9.17) is 5.26 Å². The van der Waals surface area contributed by atoms with E-state index in [9.17, 15) is 13.6 Å². The molecule has 0 aromatic carbocycles. The third-order valence-electron chi connectivity index (χ3n) is 7.61. The first-order chi connectivity index (χ1) is 14.0. The zero-order chi connectivity index (χ0) is 20.7. The molecule has 0 aromatic heterocycles. The highest BCUT2D eigenvalue weighted by Crippen LogP contribution is 2.51. The van der Waals surface area contributed by atoms with Gasteiger partial charge in [-0.15, -0.1) is 4.33 Å². The SMILES string of the molecule is O=C(NC(C1CCCCC1)(C1CCCCC1)C1CCCCC1)C(F)(F)SOOO. The van der Waals surface area contributed by atoms with Crippen molar-refractivity contribution in [1.82, 2.24) is 5.32 Å². The number of alkyl halides is 2. The minimum atomic E-state index is -3.83. The molecule has 5 nitrogen and oxygen atoms in total. The van der Waals surface area contributed by atoms with Crippen LogP contribution in [0.3, 0.4) is 0 Å². The first-order valence-electron chi connectivity index (χ1n) is 11.4. The normalized spacial score (nSPS) is 23.8. The van der Waals surface area contributed by atoms with Gasteiger partial charge in [0.25, 0.3) is 0 Å². The zero-order valence-electron chi connectivity index (χ0n) is 17.2. The van der Waals surface area contributed by atoms with Crippen molar-refractivity contribution in [3.63, 3.8) is 0 Å². The van der Waals surface area contributed by atoms with Crippen LogP contribution in [0.15, 0.2) is 0 Å². The van der Waals surface area contributed by atoms with Crippen molar-refractivity contribution in [3.05, 3.63) is 0 Å². The Bertz CT molecular complexity index is 473. The van der Waals surface area contributed by atoms with Gasteiger partial charge in [-0.2, -0.15) is 8.78 Å².